The molecule has 2 atom stereocenters. The summed E-state index contributed by atoms with van der Waals surface area (Å²) in [5, 5.41) is 0. The van der Waals surface area contributed by atoms with Crippen LogP contribution in [-0.2, 0) is 0 Å². The van der Waals surface area contributed by atoms with Crippen LogP contribution in [0.5, 0.6) is 0 Å². The van der Waals surface area contributed by atoms with Gasteiger partial charge >= 0.3 is 0 Å². The van der Waals surface area contributed by atoms with E-state index in [1.807, 2.05) is 17.8 Å². The Morgan fingerprint density at radius 3 is 2.88 bits per heavy atom. The van der Waals surface area contributed by atoms with E-state index in [0.29, 0.717) is 18.6 Å². The lowest BCUT2D eigenvalue weighted by Gasteiger charge is -2.32. The van der Waals surface area contributed by atoms with E-state index in [4.69, 9.17) is 5.73 Å². The molecule has 2 nitrogen and oxygen atoms in total. The second kappa shape index (κ2) is 6.23. The van der Waals surface area contributed by atoms with Crippen LogP contribution in [0.2, 0.25) is 0 Å². The summed E-state index contributed by atoms with van der Waals surface area (Å²) in [6, 6.07) is 9.37. The maximum absolute atomic E-state index is 5.97. The molecule has 1 aliphatic heterocycles. The molecule has 94 valence electrons. The van der Waals surface area contributed by atoms with Crippen LogP contribution in [-0.4, -0.2) is 36.0 Å². The summed E-state index contributed by atoms with van der Waals surface area (Å²) in [5.74, 6) is 2.51. The minimum Gasteiger partial charge on any atom is -0.329 e. The van der Waals surface area contributed by atoms with Crippen LogP contribution in [0.15, 0.2) is 28.7 Å². The highest BCUT2D eigenvalue weighted by molar-refractivity contribution is 9.10. The van der Waals surface area contributed by atoms with E-state index in [9.17, 15) is 0 Å². The van der Waals surface area contributed by atoms with Crippen LogP contribution in [0.4, 0.5) is 0 Å². The number of thioether (sulfide) groups is 1. The maximum Gasteiger partial charge on any atom is 0.0481 e. The summed E-state index contributed by atoms with van der Waals surface area (Å²) < 4.78 is 1.16. The Morgan fingerprint density at radius 2 is 2.29 bits per heavy atom. The Balaban J connectivity index is 2.18. The first-order valence-corrected chi connectivity index (χ1v) is 7.93. The van der Waals surface area contributed by atoms with Crippen LogP contribution in [0.1, 0.15) is 18.0 Å². The highest BCUT2D eigenvalue weighted by Gasteiger charge is 2.26. The summed E-state index contributed by atoms with van der Waals surface area (Å²) in [5.41, 5.74) is 7.27. The van der Waals surface area contributed by atoms with E-state index in [-0.39, 0.29) is 0 Å². The maximum atomic E-state index is 5.97. The lowest BCUT2D eigenvalue weighted by molar-refractivity contribution is 0.192. The van der Waals surface area contributed by atoms with E-state index in [1.165, 1.54) is 23.5 Å². The SMILES string of the molecule is CN(C1CCSC1)C(CN)c1ccccc1Br. The van der Waals surface area contributed by atoms with Gasteiger partial charge in [-0.05, 0) is 30.9 Å². The first-order chi connectivity index (χ1) is 8.24. The molecule has 0 spiro atoms. The van der Waals surface area contributed by atoms with Crippen molar-refractivity contribution < 1.29 is 0 Å². The van der Waals surface area contributed by atoms with Crippen molar-refractivity contribution in [2.75, 3.05) is 25.1 Å². The van der Waals surface area contributed by atoms with Crippen molar-refractivity contribution >= 4 is 27.7 Å². The summed E-state index contributed by atoms with van der Waals surface area (Å²) in [6.45, 7) is 0.667. The minimum absolute atomic E-state index is 0.314. The lowest BCUT2D eigenvalue weighted by Crippen LogP contribution is -2.38. The molecule has 0 amide bonds. The molecule has 0 saturated carbocycles. The van der Waals surface area contributed by atoms with Gasteiger partial charge < -0.3 is 5.73 Å². The molecule has 4 heteroatoms. The standard InChI is InChI=1S/C13H19BrN2S/c1-16(10-6-7-17-9-10)13(8-15)11-4-2-3-5-12(11)14/h2-5,10,13H,6-9,15H2,1H3. The normalized spacial score (nSPS) is 22.0. The number of benzene rings is 1. The zero-order valence-electron chi connectivity index (χ0n) is 10.1. The average Bonchev–Trinajstić information content (AvgIpc) is 2.86. The second-order valence-corrected chi connectivity index (χ2v) is 6.46. The van der Waals surface area contributed by atoms with Crippen molar-refractivity contribution in [1.29, 1.82) is 0 Å². The second-order valence-electron chi connectivity index (χ2n) is 4.46. The monoisotopic (exact) mass is 314 g/mol. The first kappa shape index (κ1) is 13.4. The molecule has 2 N–H and O–H groups in total. The van der Waals surface area contributed by atoms with Crippen LogP contribution < -0.4 is 5.73 Å². The average molecular weight is 315 g/mol. The number of rotatable bonds is 4. The van der Waals surface area contributed by atoms with Gasteiger partial charge in [-0.2, -0.15) is 11.8 Å². The minimum atomic E-state index is 0.314. The molecule has 2 rings (SSSR count). The number of likely N-dealkylation sites (N-methyl/N-ethyl adjacent to an activating group) is 1. The molecule has 2 unspecified atom stereocenters. The van der Waals surface area contributed by atoms with Gasteiger partial charge in [0.2, 0.25) is 0 Å². The predicted octanol–water partition coefficient (Wildman–Crippen LogP) is 2.89. The van der Waals surface area contributed by atoms with E-state index in [0.717, 1.165) is 4.47 Å². The summed E-state index contributed by atoms with van der Waals surface area (Å²) in [6.07, 6.45) is 1.28. The quantitative estimate of drug-likeness (QED) is 0.926. The van der Waals surface area contributed by atoms with Gasteiger partial charge in [-0.3, -0.25) is 4.90 Å². The van der Waals surface area contributed by atoms with Crippen molar-refractivity contribution in [3.8, 4) is 0 Å². The topological polar surface area (TPSA) is 29.3 Å². The molecule has 0 bridgehead atoms. The Hall–Kier alpha value is -0.0300. The smallest absolute Gasteiger partial charge is 0.0481 e. The fourth-order valence-electron chi connectivity index (χ4n) is 2.36. The van der Waals surface area contributed by atoms with Gasteiger partial charge in [0, 0.05) is 28.9 Å². The zero-order valence-corrected chi connectivity index (χ0v) is 12.5. The molecule has 1 fully saturated rings. The molecule has 1 aromatic rings. The molecule has 1 aromatic carbocycles. The Morgan fingerprint density at radius 1 is 1.53 bits per heavy atom. The molecule has 1 aliphatic rings. The summed E-state index contributed by atoms with van der Waals surface area (Å²) in [4.78, 5) is 2.44. The van der Waals surface area contributed by atoms with Crippen molar-refractivity contribution in [3.63, 3.8) is 0 Å². The fourth-order valence-corrected chi connectivity index (χ4v) is 4.18. The van der Waals surface area contributed by atoms with Gasteiger partial charge in [0.1, 0.15) is 0 Å². The Bertz CT molecular complexity index is 366. The van der Waals surface area contributed by atoms with E-state index < -0.39 is 0 Å². The van der Waals surface area contributed by atoms with Crippen molar-refractivity contribution in [2.45, 2.75) is 18.5 Å². The molecular weight excluding hydrogens is 296 g/mol. The third-order valence-electron chi connectivity index (χ3n) is 3.46. The Kier molecular flexibility index (Phi) is 4.91. The van der Waals surface area contributed by atoms with Crippen LogP contribution in [0, 0.1) is 0 Å². The lowest BCUT2D eigenvalue weighted by atomic mass is 10.0. The van der Waals surface area contributed by atoms with Crippen molar-refractivity contribution in [1.82, 2.24) is 4.90 Å². The molecule has 0 radical (unpaired) electrons. The highest BCUT2D eigenvalue weighted by Crippen LogP contribution is 2.31. The molecule has 1 saturated heterocycles. The summed E-state index contributed by atoms with van der Waals surface area (Å²) in [7, 11) is 2.20. The van der Waals surface area contributed by atoms with Crippen molar-refractivity contribution in [3.05, 3.63) is 34.3 Å². The first-order valence-electron chi connectivity index (χ1n) is 5.98. The van der Waals surface area contributed by atoms with Gasteiger partial charge in [0.25, 0.3) is 0 Å². The molecule has 17 heavy (non-hydrogen) atoms. The van der Waals surface area contributed by atoms with E-state index in [1.54, 1.807) is 0 Å². The predicted molar refractivity (Wildman–Crippen MR) is 79.4 cm³/mol. The van der Waals surface area contributed by atoms with Gasteiger partial charge in [0.15, 0.2) is 0 Å². The molecule has 0 aromatic heterocycles. The Labute approximate surface area is 116 Å². The van der Waals surface area contributed by atoms with Gasteiger partial charge in [-0.25, -0.2) is 0 Å². The number of halogens is 1. The van der Waals surface area contributed by atoms with E-state index >= 15 is 0 Å². The fraction of sp³-hybridized carbons (Fsp3) is 0.538. The highest BCUT2D eigenvalue weighted by atomic mass is 79.9. The molecular formula is C13H19BrN2S. The molecule has 1 heterocycles. The van der Waals surface area contributed by atoms with Crippen molar-refractivity contribution in [2.24, 2.45) is 5.73 Å². The summed E-state index contributed by atoms with van der Waals surface area (Å²) >= 11 is 5.67. The third kappa shape index (κ3) is 3.05. The number of nitrogens with zero attached hydrogens (tertiary/aromatic N) is 1. The van der Waals surface area contributed by atoms with Crippen LogP contribution >= 0.6 is 27.7 Å². The van der Waals surface area contributed by atoms with Crippen LogP contribution in [0.3, 0.4) is 0 Å². The number of hydrogen-bond acceptors (Lipinski definition) is 3. The molecule has 0 aliphatic carbocycles. The van der Waals surface area contributed by atoms with E-state index in [2.05, 4.69) is 46.1 Å². The van der Waals surface area contributed by atoms with Gasteiger partial charge in [-0.1, -0.05) is 34.1 Å². The van der Waals surface area contributed by atoms with Gasteiger partial charge in [0.05, 0.1) is 0 Å². The van der Waals surface area contributed by atoms with Crippen LogP contribution in [0.25, 0.3) is 0 Å². The van der Waals surface area contributed by atoms with Gasteiger partial charge in [-0.15, -0.1) is 0 Å². The third-order valence-corrected chi connectivity index (χ3v) is 5.33. The number of nitrogens with two attached hydrogens (primary N) is 1. The number of hydrogen-bond donors (Lipinski definition) is 1. The largest absolute Gasteiger partial charge is 0.329 e. The zero-order chi connectivity index (χ0) is 12.3.